The molecular formula is C13H19N3O3. The lowest BCUT2D eigenvalue weighted by molar-refractivity contribution is -0.386. The van der Waals surface area contributed by atoms with Crippen LogP contribution in [0, 0.1) is 10.1 Å². The second kappa shape index (κ2) is 5.88. The van der Waals surface area contributed by atoms with Crippen molar-refractivity contribution < 1.29 is 9.66 Å². The molecule has 1 aromatic carbocycles. The van der Waals surface area contributed by atoms with Gasteiger partial charge >= 0.3 is 5.69 Å². The fraction of sp³-hybridized carbons (Fsp3) is 0.538. The molecule has 0 radical (unpaired) electrons. The highest BCUT2D eigenvalue weighted by atomic mass is 16.6. The molecule has 2 rings (SSSR count). The summed E-state index contributed by atoms with van der Waals surface area (Å²) in [6, 6.07) is 5.08. The van der Waals surface area contributed by atoms with Crippen molar-refractivity contribution in [3.63, 3.8) is 0 Å². The molecule has 0 spiro atoms. The molecule has 0 amide bonds. The third-order valence-corrected chi connectivity index (χ3v) is 2.98. The van der Waals surface area contributed by atoms with Gasteiger partial charge in [0.15, 0.2) is 5.75 Å². The van der Waals surface area contributed by atoms with E-state index in [4.69, 9.17) is 4.74 Å². The first-order valence-corrected chi connectivity index (χ1v) is 6.48. The van der Waals surface area contributed by atoms with Crippen LogP contribution in [0.2, 0.25) is 0 Å². The van der Waals surface area contributed by atoms with Gasteiger partial charge in [0.25, 0.3) is 0 Å². The van der Waals surface area contributed by atoms with Crippen molar-refractivity contribution in [1.82, 2.24) is 5.32 Å². The third kappa shape index (κ3) is 3.35. The minimum absolute atomic E-state index is 0.0209. The zero-order chi connectivity index (χ0) is 13.8. The summed E-state index contributed by atoms with van der Waals surface area (Å²) in [4.78, 5) is 12.8. The molecule has 1 saturated heterocycles. The van der Waals surface area contributed by atoms with Gasteiger partial charge in [-0.2, -0.15) is 0 Å². The average molecular weight is 265 g/mol. The molecule has 1 fully saturated rings. The Labute approximate surface area is 112 Å². The van der Waals surface area contributed by atoms with Crippen LogP contribution in [-0.4, -0.2) is 37.2 Å². The molecule has 19 heavy (non-hydrogen) atoms. The maximum Gasteiger partial charge on any atom is 0.311 e. The average Bonchev–Trinajstić information content (AvgIpc) is 2.38. The Morgan fingerprint density at radius 3 is 2.63 bits per heavy atom. The number of nitrogens with zero attached hydrogens (tertiary/aromatic N) is 2. The van der Waals surface area contributed by atoms with Crippen LogP contribution in [-0.2, 0) is 0 Å². The molecule has 1 aliphatic rings. The minimum atomic E-state index is -0.404. The second-order valence-corrected chi connectivity index (χ2v) is 4.81. The van der Waals surface area contributed by atoms with Crippen LogP contribution in [0.25, 0.3) is 0 Å². The molecular weight excluding hydrogens is 246 g/mol. The summed E-state index contributed by atoms with van der Waals surface area (Å²) in [5.74, 6) is 0.344. The molecule has 0 aromatic heterocycles. The van der Waals surface area contributed by atoms with Gasteiger partial charge in [-0.15, -0.1) is 0 Å². The molecule has 0 atom stereocenters. The highest BCUT2D eigenvalue weighted by Gasteiger charge is 2.19. The Hall–Kier alpha value is -1.82. The summed E-state index contributed by atoms with van der Waals surface area (Å²) in [5.41, 5.74) is 0.996. The fourth-order valence-electron chi connectivity index (χ4n) is 2.12. The number of nitro benzene ring substituents is 1. The molecule has 6 heteroatoms. The predicted octanol–water partition coefficient (Wildman–Crippen LogP) is 1.79. The van der Waals surface area contributed by atoms with Gasteiger partial charge in [-0.05, 0) is 19.9 Å². The van der Waals surface area contributed by atoms with Gasteiger partial charge in [0.1, 0.15) is 0 Å². The smallest absolute Gasteiger partial charge is 0.311 e. The van der Waals surface area contributed by atoms with Crippen LogP contribution in [0.1, 0.15) is 13.8 Å². The zero-order valence-electron chi connectivity index (χ0n) is 11.3. The maximum atomic E-state index is 11.0. The Kier molecular flexibility index (Phi) is 4.21. The topological polar surface area (TPSA) is 67.6 Å². The minimum Gasteiger partial charge on any atom is -0.484 e. The number of nitro groups is 1. The quantitative estimate of drug-likeness (QED) is 0.664. The van der Waals surface area contributed by atoms with E-state index in [1.54, 1.807) is 12.1 Å². The van der Waals surface area contributed by atoms with Crippen molar-refractivity contribution >= 4 is 11.4 Å². The molecule has 6 nitrogen and oxygen atoms in total. The maximum absolute atomic E-state index is 11.0. The SMILES string of the molecule is CC(C)Oc1cc(N2CCNCC2)ccc1[N+](=O)[O-]. The van der Waals surface area contributed by atoms with Crippen LogP contribution in [0.4, 0.5) is 11.4 Å². The van der Waals surface area contributed by atoms with Gasteiger partial charge in [-0.3, -0.25) is 10.1 Å². The van der Waals surface area contributed by atoms with Crippen molar-refractivity contribution in [2.75, 3.05) is 31.1 Å². The van der Waals surface area contributed by atoms with Gasteiger partial charge in [-0.1, -0.05) is 0 Å². The number of anilines is 1. The number of benzene rings is 1. The van der Waals surface area contributed by atoms with Gasteiger partial charge in [0.05, 0.1) is 11.0 Å². The normalized spacial score (nSPS) is 15.6. The Balaban J connectivity index is 2.28. The van der Waals surface area contributed by atoms with Gasteiger partial charge in [0.2, 0.25) is 0 Å². The Bertz CT molecular complexity index is 456. The van der Waals surface area contributed by atoms with E-state index in [9.17, 15) is 10.1 Å². The number of ether oxygens (including phenoxy) is 1. The first kappa shape index (κ1) is 13.6. The fourth-order valence-corrected chi connectivity index (χ4v) is 2.12. The monoisotopic (exact) mass is 265 g/mol. The summed E-state index contributed by atoms with van der Waals surface area (Å²) in [7, 11) is 0. The number of hydrogen-bond acceptors (Lipinski definition) is 5. The summed E-state index contributed by atoms with van der Waals surface area (Å²) in [6.45, 7) is 7.38. The molecule has 104 valence electrons. The number of nitrogens with one attached hydrogen (secondary N) is 1. The predicted molar refractivity (Wildman–Crippen MR) is 73.9 cm³/mol. The first-order valence-electron chi connectivity index (χ1n) is 6.48. The van der Waals surface area contributed by atoms with Crippen molar-refractivity contribution in [2.45, 2.75) is 20.0 Å². The lowest BCUT2D eigenvalue weighted by Crippen LogP contribution is -2.43. The number of rotatable bonds is 4. The van der Waals surface area contributed by atoms with Crippen LogP contribution in [0.3, 0.4) is 0 Å². The Morgan fingerprint density at radius 1 is 1.37 bits per heavy atom. The highest BCUT2D eigenvalue weighted by molar-refractivity contribution is 5.59. The highest BCUT2D eigenvalue weighted by Crippen LogP contribution is 2.32. The van der Waals surface area contributed by atoms with Gasteiger partial charge in [-0.25, -0.2) is 0 Å². The molecule has 0 bridgehead atoms. The molecule has 1 N–H and O–H groups in total. The number of piperazine rings is 1. The van der Waals surface area contributed by atoms with Gasteiger partial charge < -0.3 is 15.0 Å². The zero-order valence-corrected chi connectivity index (χ0v) is 11.3. The molecule has 0 saturated carbocycles. The summed E-state index contributed by atoms with van der Waals surface area (Å²) < 4.78 is 5.55. The van der Waals surface area contributed by atoms with Crippen molar-refractivity contribution in [2.24, 2.45) is 0 Å². The second-order valence-electron chi connectivity index (χ2n) is 4.81. The van der Waals surface area contributed by atoms with Crippen molar-refractivity contribution in [1.29, 1.82) is 0 Å². The summed E-state index contributed by atoms with van der Waals surface area (Å²) in [5, 5.41) is 14.3. The first-order chi connectivity index (χ1) is 9.08. The van der Waals surface area contributed by atoms with E-state index in [2.05, 4.69) is 10.2 Å². The van der Waals surface area contributed by atoms with Gasteiger partial charge in [0, 0.05) is 44.0 Å². The van der Waals surface area contributed by atoms with E-state index in [1.165, 1.54) is 6.07 Å². The molecule has 1 aliphatic heterocycles. The van der Waals surface area contributed by atoms with Crippen molar-refractivity contribution in [3.05, 3.63) is 28.3 Å². The van der Waals surface area contributed by atoms with E-state index in [0.29, 0.717) is 5.75 Å². The van der Waals surface area contributed by atoms with Crippen LogP contribution in [0.15, 0.2) is 18.2 Å². The van der Waals surface area contributed by atoms with Crippen LogP contribution < -0.4 is 15.0 Å². The van der Waals surface area contributed by atoms with E-state index in [-0.39, 0.29) is 11.8 Å². The Morgan fingerprint density at radius 2 is 2.05 bits per heavy atom. The molecule has 0 aliphatic carbocycles. The van der Waals surface area contributed by atoms with E-state index in [0.717, 1.165) is 31.9 Å². The third-order valence-electron chi connectivity index (χ3n) is 2.98. The lowest BCUT2D eigenvalue weighted by atomic mass is 10.2. The van der Waals surface area contributed by atoms with E-state index in [1.807, 2.05) is 13.8 Å². The lowest BCUT2D eigenvalue weighted by Gasteiger charge is -2.29. The summed E-state index contributed by atoms with van der Waals surface area (Å²) >= 11 is 0. The van der Waals surface area contributed by atoms with Crippen LogP contribution in [0.5, 0.6) is 5.75 Å². The molecule has 1 heterocycles. The van der Waals surface area contributed by atoms with Crippen LogP contribution >= 0.6 is 0 Å². The van der Waals surface area contributed by atoms with E-state index >= 15 is 0 Å². The van der Waals surface area contributed by atoms with E-state index < -0.39 is 4.92 Å². The number of hydrogen-bond donors (Lipinski definition) is 1. The standard InChI is InChI=1S/C13H19N3O3/c1-10(2)19-13-9-11(3-4-12(13)16(17)18)15-7-5-14-6-8-15/h3-4,9-10,14H,5-8H2,1-2H3. The largest absolute Gasteiger partial charge is 0.484 e. The molecule has 1 aromatic rings. The molecule has 0 unspecified atom stereocenters. The summed E-state index contributed by atoms with van der Waals surface area (Å²) in [6.07, 6.45) is -0.0861. The van der Waals surface area contributed by atoms with Crippen molar-refractivity contribution in [3.8, 4) is 5.75 Å².